The predicted molar refractivity (Wildman–Crippen MR) is 13.5 cm³/mol. The summed E-state index contributed by atoms with van der Waals surface area (Å²) in [6, 6.07) is 0. The van der Waals surface area contributed by atoms with E-state index in [0.717, 1.165) is 0 Å². The van der Waals surface area contributed by atoms with Gasteiger partial charge in [0.15, 0.2) is 0 Å². The molecular weight excluding hydrogens is 301 g/mol. The largest absolute Gasteiger partial charge is 1.00 e. The summed E-state index contributed by atoms with van der Waals surface area (Å²) in [5, 5.41) is 0. The van der Waals surface area contributed by atoms with E-state index in [1.165, 1.54) is 0 Å². The Balaban J connectivity index is -0.000000180. The molecule has 8 heteroatoms. The SMILES string of the molecule is [F][Sb-]([F])([F])([F])([F])[F].[H+].[Zn]. The first kappa shape index (κ1) is 11.8. The fraction of sp³-hybridized carbons (Fsp3) is 0. The number of hydrogen-bond donors (Lipinski definition) is 0. The molecule has 0 aliphatic carbocycles. The Hall–Kier alpha value is 1.02. The van der Waals surface area contributed by atoms with Gasteiger partial charge in [0.2, 0.25) is 0 Å². The average molecular weight is 302 g/mol. The maximum Gasteiger partial charge on any atom is 1.00 e. The van der Waals surface area contributed by atoms with Gasteiger partial charge in [-0.3, -0.25) is 0 Å². The Bertz CT molecular complexity index is 71.6. The Labute approximate surface area is 57.4 Å². The zero-order chi connectivity index (χ0) is 6.41. The van der Waals surface area contributed by atoms with Gasteiger partial charge in [-0.25, -0.2) is 0 Å². The van der Waals surface area contributed by atoms with Gasteiger partial charge in [0.05, 0.1) is 0 Å². The van der Waals surface area contributed by atoms with Crippen molar-refractivity contribution >= 4 is 19.5 Å². The molecule has 0 radical (unpaired) electrons. The van der Waals surface area contributed by atoms with Gasteiger partial charge in [-0.2, -0.15) is 0 Å². The minimum atomic E-state index is -11.2. The van der Waals surface area contributed by atoms with E-state index >= 15 is 0 Å². The summed E-state index contributed by atoms with van der Waals surface area (Å²) in [5.41, 5.74) is 0. The summed E-state index contributed by atoms with van der Waals surface area (Å²) in [6.45, 7) is 0. The molecule has 0 aliphatic rings. The molecular formula is HF6SbZn. The molecule has 0 aromatic carbocycles. The van der Waals surface area contributed by atoms with Crippen LogP contribution in [0.5, 0.6) is 0 Å². The second kappa shape index (κ2) is 1.54. The van der Waals surface area contributed by atoms with Gasteiger partial charge < -0.3 is 0 Å². The van der Waals surface area contributed by atoms with Crippen LogP contribution in [-0.4, -0.2) is 19.5 Å². The third-order valence-corrected chi connectivity index (χ3v) is 0. The molecule has 0 fully saturated rings. The maximum absolute atomic E-state index is 11.2. The number of hydrogen-bond acceptors (Lipinski definition) is 0. The monoisotopic (exact) mass is 300 g/mol. The smallest absolute Gasteiger partial charge is 0 e. The average Bonchev–Trinajstić information content (AvgIpc) is 0.592. The van der Waals surface area contributed by atoms with Crippen molar-refractivity contribution in [2.24, 2.45) is 0 Å². The van der Waals surface area contributed by atoms with Crippen molar-refractivity contribution in [2.45, 2.75) is 0 Å². The third-order valence-electron chi connectivity index (χ3n) is 0. The van der Waals surface area contributed by atoms with Crippen LogP contribution < -0.4 is 0 Å². The summed E-state index contributed by atoms with van der Waals surface area (Å²) < 4.78 is 59.6. The van der Waals surface area contributed by atoms with Gasteiger partial charge >= 0.3 is 37.8 Å². The molecule has 0 aliphatic heterocycles. The molecule has 0 aromatic rings. The molecule has 0 amide bonds. The van der Waals surface area contributed by atoms with E-state index in [-0.39, 0.29) is 20.9 Å². The molecule has 0 saturated carbocycles. The second-order valence-corrected chi connectivity index (χ2v) is 6.43. The molecule has 8 heavy (non-hydrogen) atoms. The van der Waals surface area contributed by atoms with Crippen molar-refractivity contribution in [3.8, 4) is 0 Å². The summed E-state index contributed by atoms with van der Waals surface area (Å²) in [6.07, 6.45) is 0. The van der Waals surface area contributed by atoms with E-state index in [9.17, 15) is 16.9 Å². The Morgan fingerprint density at radius 1 is 0.750 bits per heavy atom. The zero-order valence-corrected chi connectivity index (χ0v) is 8.94. The van der Waals surface area contributed by atoms with Crippen molar-refractivity contribution in [3.63, 3.8) is 0 Å². The van der Waals surface area contributed by atoms with Crippen molar-refractivity contribution in [2.75, 3.05) is 0 Å². The Morgan fingerprint density at radius 2 is 0.750 bits per heavy atom. The second-order valence-electron chi connectivity index (χ2n) is 0.958. The van der Waals surface area contributed by atoms with Crippen molar-refractivity contribution in [1.82, 2.24) is 0 Å². The van der Waals surface area contributed by atoms with Crippen molar-refractivity contribution in [1.29, 1.82) is 0 Å². The van der Waals surface area contributed by atoms with E-state index in [1.807, 2.05) is 0 Å². The van der Waals surface area contributed by atoms with Gasteiger partial charge in [-0.15, -0.1) is 0 Å². The quantitative estimate of drug-likeness (QED) is 0.475. The fourth-order valence-corrected chi connectivity index (χ4v) is 0. The van der Waals surface area contributed by atoms with Crippen LogP contribution in [-0.2, 0) is 19.5 Å². The van der Waals surface area contributed by atoms with Gasteiger partial charge in [0.1, 0.15) is 0 Å². The van der Waals surface area contributed by atoms with Crippen molar-refractivity contribution < 1.29 is 37.8 Å². The minimum absolute atomic E-state index is 0. The van der Waals surface area contributed by atoms with Gasteiger partial charge in [-0.05, 0) is 0 Å². The molecule has 0 spiro atoms. The normalized spacial score (nSPS) is 20.2. The van der Waals surface area contributed by atoms with E-state index < -0.39 is 19.5 Å². The molecule has 0 heterocycles. The number of halogens is 6. The van der Waals surface area contributed by atoms with E-state index in [4.69, 9.17) is 0 Å². The van der Waals surface area contributed by atoms with Crippen LogP contribution in [0.15, 0.2) is 0 Å². The molecule has 0 unspecified atom stereocenters. The van der Waals surface area contributed by atoms with Crippen LogP contribution in [0.3, 0.4) is 0 Å². The fourth-order valence-electron chi connectivity index (χ4n) is 0. The first-order chi connectivity index (χ1) is 2.45. The molecule has 0 saturated heterocycles. The first-order valence-corrected chi connectivity index (χ1v) is 6.80. The Kier molecular flexibility index (Phi) is 2.27. The summed E-state index contributed by atoms with van der Waals surface area (Å²) in [4.78, 5) is 0. The van der Waals surface area contributed by atoms with Crippen LogP contribution in [0.2, 0.25) is 0 Å². The molecule has 0 bridgehead atoms. The van der Waals surface area contributed by atoms with Crippen LogP contribution >= 0.6 is 0 Å². The molecule has 50 valence electrons. The van der Waals surface area contributed by atoms with Gasteiger partial charge in [0.25, 0.3) is 0 Å². The van der Waals surface area contributed by atoms with Crippen LogP contribution in [0.25, 0.3) is 0 Å². The molecule has 0 aromatic heterocycles. The van der Waals surface area contributed by atoms with Crippen LogP contribution in [0, 0.1) is 0 Å². The molecule has 0 nitrogen and oxygen atoms in total. The van der Waals surface area contributed by atoms with Gasteiger partial charge in [-0.1, -0.05) is 0 Å². The summed E-state index contributed by atoms with van der Waals surface area (Å²) >= 11 is -11.2. The maximum atomic E-state index is 9.93. The van der Waals surface area contributed by atoms with Gasteiger partial charge in [0, 0.05) is 19.5 Å². The summed E-state index contributed by atoms with van der Waals surface area (Å²) in [5.74, 6) is 0. The van der Waals surface area contributed by atoms with E-state index in [2.05, 4.69) is 0 Å². The minimum Gasteiger partial charge on any atom is 0 e. The topological polar surface area (TPSA) is 0 Å². The molecule has 0 rings (SSSR count). The van der Waals surface area contributed by atoms with Crippen LogP contribution in [0.4, 0.5) is 16.9 Å². The standard InChI is InChI=1S/6FH.Sb.Zn/h6*1H;;/q;;;;;;+5;/p-5. The number of rotatable bonds is 0. The zero-order valence-electron chi connectivity index (χ0n) is 4.42. The van der Waals surface area contributed by atoms with E-state index in [1.54, 1.807) is 0 Å². The predicted octanol–water partition coefficient (Wildman–Crippen LogP) is 2.25. The van der Waals surface area contributed by atoms with E-state index in [0.29, 0.717) is 0 Å². The first-order valence-electron chi connectivity index (χ1n) is 1.01. The van der Waals surface area contributed by atoms with Crippen molar-refractivity contribution in [3.05, 3.63) is 0 Å². The van der Waals surface area contributed by atoms with Crippen LogP contribution in [0.1, 0.15) is 1.43 Å². The molecule has 0 atom stereocenters. The summed E-state index contributed by atoms with van der Waals surface area (Å²) in [7, 11) is 0. The molecule has 0 N–H and O–H groups in total. The third kappa shape index (κ3) is 244. The Morgan fingerprint density at radius 3 is 0.750 bits per heavy atom.